The predicted octanol–water partition coefficient (Wildman–Crippen LogP) is 0.763. The third-order valence-electron chi connectivity index (χ3n) is 1.98. The first-order valence-corrected chi connectivity index (χ1v) is 5.25. The molecule has 1 aromatic heterocycles. The van der Waals surface area contributed by atoms with Crippen molar-refractivity contribution in [2.45, 2.75) is 26.8 Å². The van der Waals surface area contributed by atoms with E-state index in [9.17, 15) is 4.79 Å². The van der Waals surface area contributed by atoms with Crippen LogP contribution in [0.3, 0.4) is 0 Å². The Labute approximate surface area is 94.6 Å². The highest BCUT2D eigenvalue weighted by Gasteiger charge is 2.09. The Hall–Kier alpha value is -1.43. The van der Waals surface area contributed by atoms with Gasteiger partial charge < -0.3 is 9.26 Å². The lowest BCUT2D eigenvalue weighted by Gasteiger charge is -2.12. The molecular weight excluding hydrogens is 210 g/mol. The molecule has 6 heteroatoms. The average Bonchev–Trinajstić information content (AvgIpc) is 2.61. The van der Waals surface area contributed by atoms with Gasteiger partial charge in [-0.05, 0) is 20.9 Å². The standard InChI is InChI=1S/C10H17N3O3/c1-4-15-10(14)5-6-13(3)7-9-11-8(2)12-16-9/h4-7H2,1-3H3. The number of ether oxygens (including phenoxy) is 1. The summed E-state index contributed by atoms with van der Waals surface area (Å²) in [6.45, 7) is 5.14. The molecule has 0 radical (unpaired) electrons. The number of esters is 1. The molecule has 1 rings (SSSR count). The zero-order valence-electron chi connectivity index (χ0n) is 9.89. The topological polar surface area (TPSA) is 68.5 Å². The Bertz CT molecular complexity index is 338. The van der Waals surface area contributed by atoms with Crippen molar-refractivity contribution >= 4 is 5.97 Å². The lowest BCUT2D eigenvalue weighted by molar-refractivity contribution is -0.143. The highest BCUT2D eigenvalue weighted by atomic mass is 16.5. The van der Waals surface area contributed by atoms with Gasteiger partial charge in [0.15, 0.2) is 5.82 Å². The van der Waals surface area contributed by atoms with Gasteiger partial charge >= 0.3 is 5.97 Å². The number of carbonyl (C=O) groups excluding carboxylic acids is 1. The van der Waals surface area contributed by atoms with E-state index in [1.165, 1.54) is 0 Å². The number of hydrogen-bond donors (Lipinski definition) is 0. The van der Waals surface area contributed by atoms with Gasteiger partial charge in [-0.3, -0.25) is 9.69 Å². The van der Waals surface area contributed by atoms with Crippen LogP contribution in [0.25, 0.3) is 0 Å². The molecule has 0 saturated carbocycles. The van der Waals surface area contributed by atoms with E-state index in [0.29, 0.717) is 37.8 Å². The van der Waals surface area contributed by atoms with Gasteiger partial charge in [-0.2, -0.15) is 4.98 Å². The quantitative estimate of drug-likeness (QED) is 0.668. The summed E-state index contributed by atoms with van der Waals surface area (Å²) < 4.78 is 9.80. The van der Waals surface area contributed by atoms with E-state index in [0.717, 1.165) is 0 Å². The number of aryl methyl sites for hydroxylation is 1. The molecule has 1 aromatic rings. The fourth-order valence-corrected chi connectivity index (χ4v) is 1.23. The van der Waals surface area contributed by atoms with Gasteiger partial charge in [-0.25, -0.2) is 0 Å². The molecule has 1 heterocycles. The predicted molar refractivity (Wildman–Crippen MR) is 56.6 cm³/mol. The van der Waals surface area contributed by atoms with E-state index in [4.69, 9.17) is 9.26 Å². The highest BCUT2D eigenvalue weighted by Crippen LogP contribution is 2.01. The Morgan fingerprint density at radius 3 is 2.88 bits per heavy atom. The van der Waals surface area contributed by atoms with Gasteiger partial charge in [-0.15, -0.1) is 0 Å². The first-order valence-electron chi connectivity index (χ1n) is 5.25. The van der Waals surface area contributed by atoms with E-state index in [2.05, 4.69) is 10.1 Å². The maximum absolute atomic E-state index is 11.1. The first kappa shape index (κ1) is 12.6. The number of hydrogen-bond acceptors (Lipinski definition) is 6. The smallest absolute Gasteiger partial charge is 0.307 e. The molecule has 0 aromatic carbocycles. The normalized spacial score (nSPS) is 10.8. The molecule has 0 bridgehead atoms. The van der Waals surface area contributed by atoms with Gasteiger partial charge in [0, 0.05) is 6.54 Å². The van der Waals surface area contributed by atoms with Crippen molar-refractivity contribution in [1.29, 1.82) is 0 Å². The van der Waals surface area contributed by atoms with E-state index >= 15 is 0 Å². The largest absolute Gasteiger partial charge is 0.466 e. The fraction of sp³-hybridized carbons (Fsp3) is 0.700. The molecular formula is C10H17N3O3. The number of rotatable bonds is 6. The van der Waals surface area contributed by atoms with Crippen LogP contribution in [0.4, 0.5) is 0 Å². The molecule has 0 aliphatic rings. The second kappa shape index (κ2) is 6.22. The fourth-order valence-electron chi connectivity index (χ4n) is 1.23. The zero-order valence-corrected chi connectivity index (χ0v) is 9.89. The molecule has 6 nitrogen and oxygen atoms in total. The van der Waals surface area contributed by atoms with E-state index in [1.54, 1.807) is 13.8 Å². The second-order valence-corrected chi connectivity index (χ2v) is 3.53. The summed E-state index contributed by atoms with van der Waals surface area (Å²) in [7, 11) is 1.89. The number of aromatic nitrogens is 2. The molecule has 0 amide bonds. The summed E-state index contributed by atoms with van der Waals surface area (Å²) in [5.74, 6) is 0.994. The molecule has 0 spiro atoms. The minimum atomic E-state index is -0.184. The number of carbonyl (C=O) groups is 1. The lowest BCUT2D eigenvalue weighted by Crippen LogP contribution is -2.22. The number of nitrogens with zero attached hydrogens (tertiary/aromatic N) is 3. The maximum atomic E-state index is 11.1. The molecule has 0 aliphatic carbocycles. The van der Waals surface area contributed by atoms with Crippen LogP contribution < -0.4 is 0 Å². The highest BCUT2D eigenvalue weighted by molar-refractivity contribution is 5.69. The van der Waals surface area contributed by atoms with Gasteiger partial charge in [0.2, 0.25) is 5.89 Å². The van der Waals surface area contributed by atoms with Crippen LogP contribution >= 0.6 is 0 Å². The minimum Gasteiger partial charge on any atom is -0.466 e. The van der Waals surface area contributed by atoms with Crippen molar-refractivity contribution in [3.8, 4) is 0 Å². The Morgan fingerprint density at radius 2 is 2.31 bits per heavy atom. The SMILES string of the molecule is CCOC(=O)CCN(C)Cc1nc(C)no1. The average molecular weight is 227 g/mol. The molecule has 16 heavy (non-hydrogen) atoms. The van der Waals surface area contributed by atoms with Crippen LogP contribution in [-0.4, -0.2) is 41.2 Å². The van der Waals surface area contributed by atoms with Crippen molar-refractivity contribution < 1.29 is 14.1 Å². The molecule has 0 saturated heterocycles. The van der Waals surface area contributed by atoms with Crippen molar-refractivity contribution in [2.75, 3.05) is 20.2 Å². The van der Waals surface area contributed by atoms with Crippen LogP contribution in [-0.2, 0) is 16.1 Å². The molecule has 0 fully saturated rings. The Morgan fingerprint density at radius 1 is 1.56 bits per heavy atom. The van der Waals surface area contributed by atoms with Gasteiger partial charge in [0.25, 0.3) is 0 Å². The zero-order chi connectivity index (χ0) is 12.0. The van der Waals surface area contributed by atoms with Crippen molar-refractivity contribution in [3.63, 3.8) is 0 Å². The molecule has 90 valence electrons. The Kier molecular flexibility index (Phi) is 4.91. The summed E-state index contributed by atoms with van der Waals surface area (Å²) in [6.07, 6.45) is 0.372. The van der Waals surface area contributed by atoms with Gasteiger partial charge in [-0.1, -0.05) is 5.16 Å². The maximum Gasteiger partial charge on any atom is 0.307 e. The minimum absolute atomic E-state index is 0.184. The Balaban J connectivity index is 2.25. The summed E-state index contributed by atoms with van der Waals surface area (Å²) in [5, 5.41) is 3.69. The van der Waals surface area contributed by atoms with Gasteiger partial charge in [0.05, 0.1) is 19.6 Å². The van der Waals surface area contributed by atoms with Crippen molar-refractivity contribution in [2.24, 2.45) is 0 Å². The van der Waals surface area contributed by atoms with Crippen LogP contribution in [0, 0.1) is 6.92 Å². The summed E-state index contributed by atoms with van der Waals surface area (Å²) >= 11 is 0. The van der Waals surface area contributed by atoms with Crippen LogP contribution in [0.15, 0.2) is 4.52 Å². The molecule has 0 unspecified atom stereocenters. The first-order chi connectivity index (χ1) is 7.61. The van der Waals surface area contributed by atoms with Crippen LogP contribution in [0.5, 0.6) is 0 Å². The van der Waals surface area contributed by atoms with Crippen LogP contribution in [0.1, 0.15) is 25.1 Å². The van der Waals surface area contributed by atoms with Gasteiger partial charge in [0.1, 0.15) is 0 Å². The lowest BCUT2D eigenvalue weighted by atomic mass is 10.4. The van der Waals surface area contributed by atoms with Crippen LogP contribution in [0.2, 0.25) is 0 Å². The van der Waals surface area contributed by atoms with Crippen molar-refractivity contribution in [3.05, 3.63) is 11.7 Å². The third kappa shape index (κ3) is 4.39. The van der Waals surface area contributed by atoms with E-state index < -0.39 is 0 Å². The van der Waals surface area contributed by atoms with E-state index in [-0.39, 0.29) is 5.97 Å². The third-order valence-corrected chi connectivity index (χ3v) is 1.98. The second-order valence-electron chi connectivity index (χ2n) is 3.53. The summed E-state index contributed by atoms with van der Waals surface area (Å²) in [4.78, 5) is 17.1. The molecule has 0 atom stereocenters. The van der Waals surface area contributed by atoms with E-state index in [1.807, 2.05) is 11.9 Å². The molecule has 0 N–H and O–H groups in total. The van der Waals surface area contributed by atoms with Crippen molar-refractivity contribution in [1.82, 2.24) is 15.0 Å². The summed E-state index contributed by atoms with van der Waals surface area (Å²) in [5.41, 5.74) is 0. The molecule has 0 aliphatic heterocycles. The summed E-state index contributed by atoms with van der Waals surface area (Å²) in [6, 6.07) is 0. The monoisotopic (exact) mass is 227 g/mol.